The van der Waals surface area contributed by atoms with E-state index in [0.29, 0.717) is 24.6 Å². The van der Waals surface area contributed by atoms with Crippen LogP contribution in [0.25, 0.3) is 22.5 Å². The van der Waals surface area contributed by atoms with E-state index >= 15 is 0 Å². The average Bonchev–Trinajstić information content (AvgIpc) is 3.85. The third-order valence-electron chi connectivity index (χ3n) is 10.1. The molecular weight excluding hydrogens is 748 g/mol. The van der Waals surface area contributed by atoms with Crippen LogP contribution >= 0.6 is 11.6 Å². The van der Waals surface area contributed by atoms with Crippen molar-refractivity contribution in [1.29, 1.82) is 0 Å². The first-order valence-corrected chi connectivity index (χ1v) is 19.7. The van der Waals surface area contributed by atoms with Gasteiger partial charge >= 0.3 is 11.9 Å². The van der Waals surface area contributed by atoms with Crippen molar-refractivity contribution in [2.75, 3.05) is 6.79 Å². The molecule has 5 aromatic carbocycles. The molecule has 0 aliphatic heterocycles. The highest BCUT2D eigenvalue weighted by Crippen LogP contribution is 2.43. The van der Waals surface area contributed by atoms with Crippen molar-refractivity contribution >= 4 is 23.5 Å². The number of unbranched alkanes of at least 4 members (excludes halogenated alkanes) is 1. The molecule has 2 heterocycles. The Morgan fingerprint density at radius 2 is 1.26 bits per heavy atom. The van der Waals surface area contributed by atoms with Gasteiger partial charge in [0.25, 0.3) is 0 Å². The summed E-state index contributed by atoms with van der Waals surface area (Å²) in [6.45, 7) is 7.06. The summed E-state index contributed by atoms with van der Waals surface area (Å²) in [5.74, 6) is 0.0686. The van der Waals surface area contributed by atoms with Gasteiger partial charge in [-0.25, -0.2) is 14.5 Å². The summed E-state index contributed by atoms with van der Waals surface area (Å²) < 4.78 is 14.3. The standard InChI is InChI=1S/C47H45ClN6O4/c1-5-6-26-40-49-42(48)41(44(55)57-32-58-45(56)46(2,3)4)53(40)31-33-27-29-34(30-28-33)38-24-16-17-25-39(38)43-50-51-52-54(43)47(35-18-10-7-11-19-35,36-20-12-8-13-21-36)37-22-14-9-15-23-37/h7-25,27-30H,5-6,26,31-32H2,1-4H3. The second-order valence-corrected chi connectivity index (χ2v) is 15.4. The molecule has 0 fully saturated rings. The highest BCUT2D eigenvalue weighted by molar-refractivity contribution is 6.32. The largest absolute Gasteiger partial charge is 0.427 e. The van der Waals surface area contributed by atoms with Crippen LogP contribution in [-0.2, 0) is 32.8 Å². The van der Waals surface area contributed by atoms with Crippen LogP contribution in [0.1, 0.15) is 79.1 Å². The van der Waals surface area contributed by atoms with Gasteiger partial charge in [0.05, 0.1) is 5.41 Å². The summed E-state index contributed by atoms with van der Waals surface area (Å²) in [6, 6.07) is 47.2. The molecule has 0 N–H and O–H groups in total. The number of hydrogen-bond acceptors (Lipinski definition) is 8. The molecule has 0 saturated carbocycles. The van der Waals surface area contributed by atoms with Crippen molar-refractivity contribution < 1.29 is 19.1 Å². The number of rotatable bonds is 14. The zero-order valence-corrected chi connectivity index (χ0v) is 33.8. The van der Waals surface area contributed by atoms with Crippen LogP contribution in [0, 0.1) is 5.41 Å². The number of tetrazole rings is 1. The van der Waals surface area contributed by atoms with Gasteiger partial charge in [0, 0.05) is 18.5 Å². The lowest BCUT2D eigenvalue weighted by Crippen LogP contribution is -2.39. The minimum absolute atomic E-state index is 0.0408. The van der Waals surface area contributed by atoms with E-state index in [-0.39, 0.29) is 10.8 Å². The van der Waals surface area contributed by atoms with Gasteiger partial charge in [-0.3, -0.25) is 4.79 Å². The number of aryl methyl sites for hydroxylation is 1. The Kier molecular flexibility index (Phi) is 11.9. The Hall–Kier alpha value is -6.39. The predicted octanol–water partition coefficient (Wildman–Crippen LogP) is 9.79. The Bertz CT molecular complexity index is 2380. The first-order valence-electron chi connectivity index (χ1n) is 19.4. The van der Waals surface area contributed by atoms with Crippen molar-refractivity contribution in [3.63, 3.8) is 0 Å². The Labute approximate surface area is 343 Å². The third-order valence-corrected chi connectivity index (χ3v) is 10.3. The van der Waals surface area contributed by atoms with E-state index in [0.717, 1.165) is 51.8 Å². The third kappa shape index (κ3) is 8.06. The molecule has 11 heteroatoms. The fourth-order valence-electron chi connectivity index (χ4n) is 7.17. The quantitative estimate of drug-likeness (QED) is 0.0608. The molecule has 0 radical (unpaired) electrons. The summed E-state index contributed by atoms with van der Waals surface area (Å²) in [4.78, 5) is 30.2. The summed E-state index contributed by atoms with van der Waals surface area (Å²) in [6.07, 6.45) is 2.42. The van der Waals surface area contributed by atoms with Crippen molar-refractivity contribution in [3.8, 4) is 22.5 Å². The lowest BCUT2D eigenvalue weighted by atomic mass is 9.77. The van der Waals surface area contributed by atoms with Crippen LogP contribution in [0.5, 0.6) is 0 Å². The van der Waals surface area contributed by atoms with Crippen LogP contribution < -0.4 is 0 Å². The molecule has 58 heavy (non-hydrogen) atoms. The Morgan fingerprint density at radius 1 is 0.707 bits per heavy atom. The Morgan fingerprint density at radius 3 is 1.81 bits per heavy atom. The van der Waals surface area contributed by atoms with Gasteiger partial charge in [-0.1, -0.05) is 164 Å². The zero-order chi connectivity index (χ0) is 40.7. The number of ether oxygens (including phenoxy) is 2. The normalized spacial score (nSPS) is 11.7. The highest BCUT2D eigenvalue weighted by Gasteiger charge is 2.42. The number of aromatic nitrogens is 6. The van der Waals surface area contributed by atoms with Gasteiger partial charge in [0.15, 0.2) is 16.7 Å². The minimum Gasteiger partial charge on any atom is -0.427 e. The minimum atomic E-state index is -0.908. The first-order chi connectivity index (χ1) is 28.1. The lowest BCUT2D eigenvalue weighted by molar-refractivity contribution is -0.161. The molecule has 0 atom stereocenters. The molecule has 7 aromatic rings. The first kappa shape index (κ1) is 39.8. The lowest BCUT2D eigenvalue weighted by Gasteiger charge is -2.36. The van der Waals surface area contributed by atoms with Gasteiger partial charge < -0.3 is 14.0 Å². The monoisotopic (exact) mass is 792 g/mol. The number of carbonyl (C=O) groups excluding carboxylic acids is 2. The van der Waals surface area contributed by atoms with Crippen LogP contribution in [-0.4, -0.2) is 48.5 Å². The van der Waals surface area contributed by atoms with Gasteiger partial charge in [-0.05, 0) is 71.0 Å². The highest BCUT2D eigenvalue weighted by atomic mass is 35.5. The molecule has 0 amide bonds. The predicted molar refractivity (Wildman–Crippen MR) is 224 cm³/mol. The molecule has 10 nitrogen and oxygen atoms in total. The summed E-state index contributed by atoms with van der Waals surface area (Å²) in [5.41, 5.74) is 5.16. The number of hydrogen-bond donors (Lipinski definition) is 0. The van der Waals surface area contributed by atoms with E-state index in [2.05, 4.69) is 71.7 Å². The maximum atomic E-state index is 13.4. The summed E-state index contributed by atoms with van der Waals surface area (Å²) in [7, 11) is 0. The van der Waals surface area contributed by atoms with Crippen molar-refractivity contribution in [1.82, 2.24) is 29.8 Å². The van der Waals surface area contributed by atoms with Gasteiger partial charge in [-0.2, -0.15) is 0 Å². The van der Waals surface area contributed by atoms with Crippen molar-refractivity contribution in [2.24, 2.45) is 5.41 Å². The molecule has 7 rings (SSSR count). The van der Waals surface area contributed by atoms with E-state index < -0.39 is 29.7 Å². The average molecular weight is 793 g/mol. The molecular formula is C47H45ClN6O4. The summed E-state index contributed by atoms with van der Waals surface area (Å²) >= 11 is 6.58. The molecule has 0 aliphatic carbocycles. The van der Waals surface area contributed by atoms with Crippen LogP contribution in [0.3, 0.4) is 0 Å². The van der Waals surface area contributed by atoms with Crippen LogP contribution in [0.2, 0.25) is 5.15 Å². The number of esters is 2. The number of carbonyl (C=O) groups is 2. The van der Waals surface area contributed by atoms with Gasteiger partial charge in [-0.15, -0.1) is 5.10 Å². The van der Waals surface area contributed by atoms with E-state index in [4.69, 9.17) is 31.4 Å². The van der Waals surface area contributed by atoms with Gasteiger partial charge in [0.1, 0.15) is 11.4 Å². The SMILES string of the molecule is CCCCc1nc(Cl)c(C(=O)OCOC(=O)C(C)(C)C)n1Cc1ccc(-c2ccccc2-c2nnnn2C(c2ccccc2)(c2ccccc2)c2ccccc2)cc1. The molecule has 294 valence electrons. The van der Waals surface area contributed by atoms with Crippen LogP contribution in [0.4, 0.5) is 0 Å². The smallest absolute Gasteiger partial charge is 0.361 e. The molecule has 0 unspecified atom stereocenters. The van der Waals surface area contributed by atoms with Crippen LogP contribution in [0.15, 0.2) is 140 Å². The molecule has 2 aromatic heterocycles. The maximum absolute atomic E-state index is 13.4. The number of halogens is 1. The van der Waals surface area contributed by atoms with E-state index in [1.54, 1.807) is 25.3 Å². The van der Waals surface area contributed by atoms with Crippen molar-refractivity contribution in [3.05, 3.63) is 178 Å². The van der Waals surface area contributed by atoms with E-state index in [9.17, 15) is 9.59 Å². The summed E-state index contributed by atoms with van der Waals surface area (Å²) in [5, 5.41) is 13.8. The second kappa shape index (κ2) is 17.4. The number of imidazole rings is 1. The maximum Gasteiger partial charge on any atom is 0.361 e. The molecule has 0 aliphatic rings. The fraction of sp³-hybridized carbons (Fsp3) is 0.234. The van der Waals surface area contributed by atoms with Crippen molar-refractivity contribution in [2.45, 2.75) is 59.0 Å². The Balaban J connectivity index is 1.25. The second-order valence-electron chi connectivity index (χ2n) is 15.1. The van der Waals surface area contributed by atoms with Gasteiger partial charge in [0.2, 0.25) is 6.79 Å². The number of benzene rings is 5. The zero-order valence-electron chi connectivity index (χ0n) is 33.0. The number of nitrogens with zero attached hydrogens (tertiary/aromatic N) is 6. The van der Waals surface area contributed by atoms with E-state index in [1.807, 2.05) is 89.6 Å². The topological polar surface area (TPSA) is 114 Å². The fourth-order valence-corrected chi connectivity index (χ4v) is 7.44. The molecule has 0 saturated heterocycles. The molecule has 0 bridgehead atoms. The molecule has 0 spiro atoms. The van der Waals surface area contributed by atoms with E-state index in [1.165, 1.54) is 0 Å².